The molecule has 1 aliphatic rings. The predicted octanol–water partition coefficient (Wildman–Crippen LogP) is 5.01. The van der Waals surface area contributed by atoms with Gasteiger partial charge in [0.05, 0.1) is 7.11 Å². The molecule has 0 saturated heterocycles. The van der Waals surface area contributed by atoms with Crippen molar-refractivity contribution in [1.82, 2.24) is 4.90 Å². The van der Waals surface area contributed by atoms with E-state index in [2.05, 4.69) is 23.3 Å². The highest BCUT2D eigenvalue weighted by Gasteiger charge is 2.24. The number of nitrogens with one attached hydrogen (secondary N) is 1. The third-order valence-corrected chi connectivity index (χ3v) is 6.92. The van der Waals surface area contributed by atoms with Crippen molar-refractivity contribution in [2.24, 2.45) is 0 Å². The molecule has 4 rings (SSSR count). The maximum absolute atomic E-state index is 13.2. The first-order chi connectivity index (χ1) is 16.5. The van der Waals surface area contributed by atoms with Crippen molar-refractivity contribution in [2.75, 3.05) is 25.6 Å². The number of anilines is 1. The molecule has 0 fully saturated rings. The van der Waals surface area contributed by atoms with Gasteiger partial charge in [-0.05, 0) is 72.2 Å². The largest absolute Gasteiger partial charge is 0.493 e. The monoisotopic (exact) mass is 476 g/mol. The summed E-state index contributed by atoms with van der Waals surface area (Å²) in [6, 6.07) is 13.0. The Morgan fingerprint density at radius 1 is 1.21 bits per heavy atom. The number of thiophene rings is 1. The van der Waals surface area contributed by atoms with E-state index in [0.717, 1.165) is 24.0 Å². The SMILES string of the molecule is C=CCc1ccc(OCC(=O)Nc2cccc(C(=O)N3CCc4sccc4C3)c2C)c(OC)c1. The van der Waals surface area contributed by atoms with Crippen molar-refractivity contribution < 1.29 is 19.1 Å². The molecule has 7 heteroatoms. The van der Waals surface area contributed by atoms with Crippen LogP contribution in [0.2, 0.25) is 0 Å². The van der Waals surface area contributed by atoms with Crippen molar-refractivity contribution in [3.05, 3.63) is 87.6 Å². The lowest BCUT2D eigenvalue weighted by Gasteiger charge is -2.28. The summed E-state index contributed by atoms with van der Waals surface area (Å²) in [4.78, 5) is 29.1. The van der Waals surface area contributed by atoms with Crippen LogP contribution in [0.4, 0.5) is 5.69 Å². The maximum Gasteiger partial charge on any atom is 0.262 e. The fourth-order valence-corrected chi connectivity index (χ4v) is 4.94. The molecule has 2 aromatic carbocycles. The van der Waals surface area contributed by atoms with Gasteiger partial charge in [-0.25, -0.2) is 0 Å². The van der Waals surface area contributed by atoms with Crippen molar-refractivity contribution in [1.29, 1.82) is 0 Å². The van der Waals surface area contributed by atoms with E-state index >= 15 is 0 Å². The lowest BCUT2D eigenvalue weighted by Crippen LogP contribution is -2.35. The van der Waals surface area contributed by atoms with Gasteiger partial charge >= 0.3 is 0 Å². The van der Waals surface area contributed by atoms with Crippen LogP contribution in [0.3, 0.4) is 0 Å². The summed E-state index contributed by atoms with van der Waals surface area (Å²) in [5.74, 6) is 0.715. The number of carbonyl (C=O) groups is 2. The topological polar surface area (TPSA) is 67.9 Å². The van der Waals surface area contributed by atoms with Crippen LogP contribution in [0.15, 0.2) is 60.5 Å². The van der Waals surface area contributed by atoms with Gasteiger partial charge in [0.15, 0.2) is 18.1 Å². The highest BCUT2D eigenvalue weighted by atomic mass is 32.1. The van der Waals surface area contributed by atoms with E-state index < -0.39 is 0 Å². The normalized spacial score (nSPS) is 12.6. The fourth-order valence-electron chi connectivity index (χ4n) is 4.05. The van der Waals surface area contributed by atoms with Crippen LogP contribution < -0.4 is 14.8 Å². The molecule has 2 heterocycles. The Labute approximate surface area is 203 Å². The molecule has 1 N–H and O–H groups in total. The summed E-state index contributed by atoms with van der Waals surface area (Å²) in [5.41, 5.74) is 4.20. The summed E-state index contributed by atoms with van der Waals surface area (Å²) in [5, 5.41) is 4.95. The van der Waals surface area contributed by atoms with Gasteiger partial charge in [-0.1, -0.05) is 18.2 Å². The zero-order chi connectivity index (χ0) is 24.1. The molecule has 34 heavy (non-hydrogen) atoms. The summed E-state index contributed by atoms with van der Waals surface area (Å²) < 4.78 is 11.1. The van der Waals surface area contributed by atoms with E-state index in [1.807, 2.05) is 36.1 Å². The molecule has 6 nitrogen and oxygen atoms in total. The average Bonchev–Trinajstić information content (AvgIpc) is 3.32. The van der Waals surface area contributed by atoms with Crippen LogP contribution >= 0.6 is 11.3 Å². The Bertz CT molecular complexity index is 1220. The van der Waals surface area contributed by atoms with E-state index in [4.69, 9.17) is 9.47 Å². The third kappa shape index (κ3) is 5.15. The number of hydrogen-bond acceptors (Lipinski definition) is 5. The second kappa shape index (κ2) is 10.6. The summed E-state index contributed by atoms with van der Waals surface area (Å²) >= 11 is 1.75. The lowest BCUT2D eigenvalue weighted by molar-refractivity contribution is -0.118. The summed E-state index contributed by atoms with van der Waals surface area (Å²) in [7, 11) is 1.56. The third-order valence-electron chi connectivity index (χ3n) is 5.90. The molecule has 1 aliphatic heterocycles. The van der Waals surface area contributed by atoms with Gasteiger partial charge < -0.3 is 19.7 Å². The number of methoxy groups -OCH3 is 1. The number of benzene rings is 2. The molecule has 0 atom stereocenters. The van der Waals surface area contributed by atoms with Gasteiger partial charge in [-0.3, -0.25) is 9.59 Å². The molecule has 0 spiro atoms. The number of carbonyl (C=O) groups excluding carboxylic acids is 2. The second-order valence-electron chi connectivity index (χ2n) is 8.14. The van der Waals surface area contributed by atoms with Gasteiger partial charge in [-0.15, -0.1) is 17.9 Å². The smallest absolute Gasteiger partial charge is 0.262 e. The molecule has 0 unspecified atom stereocenters. The number of ether oxygens (including phenoxy) is 2. The van der Waals surface area contributed by atoms with E-state index in [1.54, 1.807) is 36.6 Å². The van der Waals surface area contributed by atoms with Crippen LogP contribution in [0.25, 0.3) is 0 Å². The highest BCUT2D eigenvalue weighted by Crippen LogP contribution is 2.29. The molecule has 176 valence electrons. The predicted molar refractivity (Wildman–Crippen MR) is 135 cm³/mol. The van der Waals surface area contributed by atoms with Gasteiger partial charge in [0.25, 0.3) is 11.8 Å². The average molecular weight is 477 g/mol. The number of nitrogens with zero attached hydrogens (tertiary/aromatic N) is 1. The zero-order valence-corrected chi connectivity index (χ0v) is 20.2. The van der Waals surface area contributed by atoms with Gasteiger partial charge in [0.2, 0.25) is 0 Å². The zero-order valence-electron chi connectivity index (χ0n) is 19.4. The minimum atomic E-state index is -0.314. The second-order valence-corrected chi connectivity index (χ2v) is 9.14. The number of fused-ring (bicyclic) bond motifs is 1. The molecule has 2 amide bonds. The molecule has 1 aromatic heterocycles. The summed E-state index contributed by atoms with van der Waals surface area (Å²) in [6.07, 6.45) is 3.41. The van der Waals surface area contributed by atoms with Crippen molar-refractivity contribution in [3.8, 4) is 11.5 Å². The van der Waals surface area contributed by atoms with Crippen LogP contribution in [-0.2, 0) is 24.2 Å². The summed E-state index contributed by atoms with van der Waals surface area (Å²) in [6.45, 7) is 6.73. The molecular formula is C27H28N2O4S. The Morgan fingerprint density at radius 2 is 2.06 bits per heavy atom. The molecular weight excluding hydrogens is 448 g/mol. The molecule has 0 aliphatic carbocycles. The Morgan fingerprint density at radius 3 is 2.85 bits per heavy atom. The Hall–Kier alpha value is -3.58. The minimum Gasteiger partial charge on any atom is -0.493 e. The fraction of sp³-hybridized carbons (Fsp3) is 0.259. The van der Waals surface area contributed by atoms with Crippen molar-refractivity contribution in [3.63, 3.8) is 0 Å². The quantitative estimate of drug-likeness (QED) is 0.464. The molecule has 0 saturated carbocycles. The first-order valence-electron chi connectivity index (χ1n) is 11.1. The molecule has 0 radical (unpaired) electrons. The van der Waals surface area contributed by atoms with Crippen LogP contribution in [-0.4, -0.2) is 37.0 Å². The number of amides is 2. The van der Waals surface area contributed by atoms with E-state index in [9.17, 15) is 9.59 Å². The first kappa shape index (κ1) is 23.6. The lowest BCUT2D eigenvalue weighted by atomic mass is 10.0. The number of hydrogen-bond donors (Lipinski definition) is 1. The number of rotatable bonds is 8. The van der Waals surface area contributed by atoms with Gasteiger partial charge in [0.1, 0.15) is 0 Å². The number of allylic oxidation sites excluding steroid dienone is 1. The van der Waals surface area contributed by atoms with Gasteiger partial charge in [0, 0.05) is 29.2 Å². The standard InChI is InChI=1S/C27H28N2O4S/c1-4-6-19-9-10-23(24(15-19)32-3)33-17-26(30)28-22-8-5-7-21(18(22)2)27(31)29-13-11-25-20(16-29)12-14-34-25/h4-5,7-10,12,14-15H,1,6,11,13,16-17H2,2-3H3,(H,28,30). The van der Waals surface area contributed by atoms with Crippen LogP contribution in [0, 0.1) is 6.92 Å². The van der Waals surface area contributed by atoms with Crippen molar-refractivity contribution in [2.45, 2.75) is 26.3 Å². The van der Waals surface area contributed by atoms with E-state index in [0.29, 0.717) is 35.8 Å². The molecule has 0 bridgehead atoms. The molecule has 3 aromatic rings. The van der Waals surface area contributed by atoms with E-state index in [-0.39, 0.29) is 18.4 Å². The minimum absolute atomic E-state index is 0.0222. The Balaban J connectivity index is 1.41. The van der Waals surface area contributed by atoms with Crippen LogP contribution in [0.1, 0.15) is 31.9 Å². The van der Waals surface area contributed by atoms with Crippen molar-refractivity contribution >= 4 is 28.8 Å². The highest BCUT2D eigenvalue weighted by molar-refractivity contribution is 7.10. The van der Waals surface area contributed by atoms with Crippen LogP contribution in [0.5, 0.6) is 11.5 Å². The van der Waals surface area contributed by atoms with E-state index in [1.165, 1.54) is 10.4 Å². The Kier molecular flexibility index (Phi) is 7.33. The maximum atomic E-state index is 13.2. The van der Waals surface area contributed by atoms with Gasteiger partial charge in [-0.2, -0.15) is 0 Å². The first-order valence-corrected chi connectivity index (χ1v) is 12.0.